The Labute approximate surface area is 89.9 Å². The normalized spacial score (nSPS) is 17.5. The maximum absolute atomic E-state index is 9.45. The number of methoxy groups -OCH3 is 1. The molecule has 1 atom stereocenters. The molecule has 0 amide bonds. The molecule has 15 heavy (non-hydrogen) atoms. The van der Waals surface area contributed by atoms with Gasteiger partial charge in [-0.2, -0.15) is 0 Å². The van der Waals surface area contributed by atoms with Crippen LogP contribution in [0.2, 0.25) is 0 Å². The van der Waals surface area contributed by atoms with E-state index in [0.29, 0.717) is 5.75 Å². The Morgan fingerprint density at radius 2 is 2.27 bits per heavy atom. The minimum atomic E-state index is 0.0620. The summed E-state index contributed by atoms with van der Waals surface area (Å²) in [5.74, 6) is 1.47. The van der Waals surface area contributed by atoms with E-state index in [1.54, 1.807) is 13.2 Å². The molecular formula is C12H17NO2. The maximum Gasteiger partial charge on any atom is 0.160 e. The molecule has 0 saturated heterocycles. The van der Waals surface area contributed by atoms with Crippen LogP contribution in [0, 0.1) is 5.92 Å². The molecule has 1 saturated carbocycles. The van der Waals surface area contributed by atoms with Crippen LogP contribution in [-0.2, 0) is 0 Å². The number of benzene rings is 1. The number of hydrogen-bond donors (Lipinski definition) is 2. The number of nitrogens with two attached hydrogens (primary N) is 1. The highest BCUT2D eigenvalue weighted by atomic mass is 16.5. The van der Waals surface area contributed by atoms with Gasteiger partial charge in [-0.3, -0.25) is 0 Å². The summed E-state index contributed by atoms with van der Waals surface area (Å²) in [5, 5.41) is 9.45. The van der Waals surface area contributed by atoms with Gasteiger partial charge in [-0.15, -0.1) is 0 Å². The molecule has 0 aliphatic heterocycles. The fourth-order valence-electron chi connectivity index (χ4n) is 1.77. The summed E-state index contributed by atoms with van der Waals surface area (Å²) in [4.78, 5) is 0. The molecule has 3 N–H and O–H groups in total. The van der Waals surface area contributed by atoms with E-state index in [1.807, 2.05) is 12.1 Å². The van der Waals surface area contributed by atoms with Crippen LogP contribution in [-0.4, -0.2) is 12.2 Å². The third kappa shape index (κ3) is 2.42. The largest absolute Gasteiger partial charge is 0.504 e. The quantitative estimate of drug-likeness (QED) is 0.795. The van der Waals surface area contributed by atoms with Gasteiger partial charge >= 0.3 is 0 Å². The van der Waals surface area contributed by atoms with Crippen LogP contribution in [0.3, 0.4) is 0 Å². The number of aromatic hydroxyl groups is 1. The lowest BCUT2D eigenvalue weighted by Gasteiger charge is -2.13. The van der Waals surface area contributed by atoms with Crippen LogP contribution in [0.4, 0.5) is 0 Å². The number of rotatable bonds is 4. The van der Waals surface area contributed by atoms with Gasteiger partial charge in [0.25, 0.3) is 0 Å². The minimum Gasteiger partial charge on any atom is -0.504 e. The van der Waals surface area contributed by atoms with Crippen molar-refractivity contribution in [3.05, 3.63) is 23.8 Å². The Kier molecular flexibility index (Phi) is 2.82. The van der Waals surface area contributed by atoms with Gasteiger partial charge in [0.15, 0.2) is 11.5 Å². The molecule has 0 unspecified atom stereocenters. The number of phenolic OH excluding ortho intramolecular Hbond substituents is 1. The van der Waals surface area contributed by atoms with E-state index in [-0.39, 0.29) is 11.8 Å². The number of phenols is 1. The Morgan fingerprint density at radius 3 is 2.87 bits per heavy atom. The third-order valence-corrected chi connectivity index (χ3v) is 2.92. The standard InChI is InChI=1S/C12H17NO2/c1-15-12-7-9(4-5-11(12)14)10(13)6-8-2-3-8/h4-5,7-8,10,14H,2-3,6,13H2,1H3/t10-/m0/s1. The first-order valence-corrected chi connectivity index (χ1v) is 5.33. The fourth-order valence-corrected chi connectivity index (χ4v) is 1.77. The molecule has 1 aliphatic carbocycles. The monoisotopic (exact) mass is 207 g/mol. The van der Waals surface area contributed by atoms with Gasteiger partial charge < -0.3 is 15.6 Å². The second kappa shape index (κ2) is 4.11. The van der Waals surface area contributed by atoms with Crippen LogP contribution < -0.4 is 10.5 Å². The maximum atomic E-state index is 9.45. The van der Waals surface area contributed by atoms with Gasteiger partial charge in [-0.1, -0.05) is 18.9 Å². The third-order valence-electron chi connectivity index (χ3n) is 2.92. The van der Waals surface area contributed by atoms with Crippen LogP contribution in [0.1, 0.15) is 30.9 Å². The number of hydrogen-bond acceptors (Lipinski definition) is 3. The van der Waals surface area contributed by atoms with E-state index in [9.17, 15) is 5.11 Å². The van der Waals surface area contributed by atoms with Gasteiger partial charge in [0, 0.05) is 6.04 Å². The van der Waals surface area contributed by atoms with Gasteiger partial charge in [0.1, 0.15) is 0 Å². The minimum absolute atomic E-state index is 0.0620. The first kappa shape index (κ1) is 10.3. The van der Waals surface area contributed by atoms with E-state index >= 15 is 0 Å². The first-order chi connectivity index (χ1) is 7.20. The molecule has 1 aliphatic rings. The molecule has 3 nitrogen and oxygen atoms in total. The fraction of sp³-hybridized carbons (Fsp3) is 0.500. The summed E-state index contributed by atoms with van der Waals surface area (Å²) < 4.78 is 5.05. The van der Waals surface area contributed by atoms with Crippen molar-refractivity contribution in [1.29, 1.82) is 0 Å². The van der Waals surface area contributed by atoms with Gasteiger partial charge in [-0.05, 0) is 30.0 Å². The van der Waals surface area contributed by atoms with Crippen molar-refractivity contribution in [1.82, 2.24) is 0 Å². The second-order valence-electron chi connectivity index (χ2n) is 4.22. The molecule has 1 aromatic rings. The molecule has 0 heterocycles. The van der Waals surface area contributed by atoms with Crippen molar-refractivity contribution in [2.45, 2.75) is 25.3 Å². The zero-order chi connectivity index (χ0) is 10.8. The highest BCUT2D eigenvalue weighted by molar-refractivity contribution is 5.42. The van der Waals surface area contributed by atoms with E-state index in [2.05, 4.69) is 0 Å². The molecule has 0 aromatic heterocycles. The van der Waals surface area contributed by atoms with Crippen LogP contribution in [0.25, 0.3) is 0 Å². The van der Waals surface area contributed by atoms with Gasteiger partial charge in [0.05, 0.1) is 7.11 Å². The first-order valence-electron chi connectivity index (χ1n) is 5.33. The lowest BCUT2D eigenvalue weighted by atomic mass is 10.0. The van der Waals surface area contributed by atoms with Crippen LogP contribution in [0.5, 0.6) is 11.5 Å². The predicted octanol–water partition coefficient (Wildman–Crippen LogP) is 2.20. The molecule has 0 bridgehead atoms. The van der Waals surface area contributed by atoms with E-state index in [4.69, 9.17) is 10.5 Å². The summed E-state index contributed by atoms with van der Waals surface area (Å²) >= 11 is 0. The highest BCUT2D eigenvalue weighted by Crippen LogP contribution is 2.38. The lowest BCUT2D eigenvalue weighted by Crippen LogP contribution is -2.10. The van der Waals surface area contributed by atoms with Crippen molar-refractivity contribution < 1.29 is 9.84 Å². The topological polar surface area (TPSA) is 55.5 Å². The molecular weight excluding hydrogens is 190 g/mol. The van der Waals surface area contributed by atoms with E-state index in [1.165, 1.54) is 12.8 Å². The summed E-state index contributed by atoms with van der Waals surface area (Å²) in [6, 6.07) is 5.39. The van der Waals surface area contributed by atoms with Crippen LogP contribution >= 0.6 is 0 Å². The summed E-state index contributed by atoms with van der Waals surface area (Å²) in [6.45, 7) is 0. The smallest absolute Gasteiger partial charge is 0.160 e. The van der Waals surface area contributed by atoms with E-state index in [0.717, 1.165) is 17.9 Å². The summed E-state index contributed by atoms with van der Waals surface area (Å²) in [7, 11) is 1.55. The Balaban J connectivity index is 2.12. The van der Waals surface area contributed by atoms with Crippen molar-refractivity contribution in [2.24, 2.45) is 11.7 Å². The zero-order valence-corrected chi connectivity index (χ0v) is 8.94. The van der Waals surface area contributed by atoms with Crippen molar-refractivity contribution >= 4 is 0 Å². The molecule has 1 fully saturated rings. The van der Waals surface area contributed by atoms with Crippen molar-refractivity contribution in [2.75, 3.05) is 7.11 Å². The van der Waals surface area contributed by atoms with Gasteiger partial charge in [0.2, 0.25) is 0 Å². The summed E-state index contributed by atoms with van der Waals surface area (Å²) in [6.07, 6.45) is 3.65. The zero-order valence-electron chi connectivity index (χ0n) is 8.94. The molecule has 0 spiro atoms. The predicted molar refractivity (Wildman–Crippen MR) is 58.9 cm³/mol. The van der Waals surface area contributed by atoms with Crippen LogP contribution in [0.15, 0.2) is 18.2 Å². The Bertz CT molecular complexity index is 347. The average molecular weight is 207 g/mol. The molecule has 0 radical (unpaired) electrons. The van der Waals surface area contributed by atoms with E-state index < -0.39 is 0 Å². The van der Waals surface area contributed by atoms with Gasteiger partial charge in [-0.25, -0.2) is 0 Å². The second-order valence-corrected chi connectivity index (χ2v) is 4.22. The molecule has 2 rings (SSSR count). The summed E-state index contributed by atoms with van der Waals surface area (Å²) in [5.41, 5.74) is 7.11. The molecule has 3 heteroatoms. The molecule has 1 aromatic carbocycles. The number of ether oxygens (including phenoxy) is 1. The Morgan fingerprint density at radius 1 is 1.53 bits per heavy atom. The van der Waals surface area contributed by atoms with Crippen molar-refractivity contribution in [3.8, 4) is 11.5 Å². The lowest BCUT2D eigenvalue weighted by molar-refractivity contribution is 0.372. The SMILES string of the molecule is COc1cc([C@@H](N)CC2CC2)ccc1O. The Hall–Kier alpha value is -1.22. The van der Waals surface area contributed by atoms with Crippen molar-refractivity contribution in [3.63, 3.8) is 0 Å². The average Bonchev–Trinajstić information content (AvgIpc) is 3.02. The highest BCUT2D eigenvalue weighted by Gasteiger charge is 2.24. The molecule has 82 valence electrons.